The van der Waals surface area contributed by atoms with E-state index in [0.29, 0.717) is 16.3 Å². The van der Waals surface area contributed by atoms with E-state index in [1.807, 2.05) is 25.1 Å². The fourth-order valence-electron chi connectivity index (χ4n) is 2.97. The quantitative estimate of drug-likeness (QED) is 0.723. The molecule has 1 N–H and O–H groups in total. The molecule has 4 rings (SSSR count). The van der Waals surface area contributed by atoms with Crippen LogP contribution in [0.1, 0.15) is 33.2 Å². The number of anilines is 1. The molecule has 0 radical (unpaired) electrons. The second-order valence-corrected chi connectivity index (χ2v) is 7.21. The van der Waals surface area contributed by atoms with E-state index in [1.165, 1.54) is 18.3 Å². The molecular formula is C19H15N3O3S. The third-order valence-electron chi connectivity index (χ3n) is 4.37. The number of nitrogens with zero attached hydrogens (tertiary/aromatic N) is 2. The highest BCUT2D eigenvalue weighted by molar-refractivity contribution is 7.22. The topological polar surface area (TPSA) is 79.4 Å². The number of aromatic nitrogens is 1. The van der Waals surface area contributed by atoms with Crippen molar-refractivity contribution >= 4 is 44.4 Å². The summed E-state index contributed by atoms with van der Waals surface area (Å²) in [6.07, 6.45) is 0. The number of amides is 3. The highest BCUT2D eigenvalue weighted by Gasteiger charge is 2.40. The lowest BCUT2D eigenvalue weighted by molar-refractivity contribution is -0.119. The second-order valence-electron chi connectivity index (χ2n) is 6.18. The third-order valence-corrected chi connectivity index (χ3v) is 5.30. The molecule has 0 saturated heterocycles. The average Bonchev–Trinajstić information content (AvgIpc) is 3.13. The molecule has 1 aliphatic rings. The normalized spacial score (nSPS) is 14.6. The Kier molecular flexibility index (Phi) is 3.81. The number of nitrogens with one attached hydrogen (secondary N) is 1. The summed E-state index contributed by atoms with van der Waals surface area (Å²) in [4.78, 5) is 43.0. The number of hydrogen-bond donors (Lipinski definition) is 1. The lowest BCUT2D eigenvalue weighted by Gasteiger charge is -2.21. The molecule has 1 aromatic heterocycles. The fraction of sp³-hybridized carbons (Fsp3) is 0.158. The number of thiazole rings is 1. The minimum atomic E-state index is -0.934. The number of benzene rings is 2. The van der Waals surface area contributed by atoms with Crippen LogP contribution in [0.25, 0.3) is 10.2 Å². The van der Waals surface area contributed by atoms with E-state index in [2.05, 4.69) is 10.3 Å². The zero-order chi connectivity index (χ0) is 18.4. The number of fused-ring (bicyclic) bond motifs is 2. The van der Waals surface area contributed by atoms with Crippen molar-refractivity contribution < 1.29 is 14.4 Å². The zero-order valence-electron chi connectivity index (χ0n) is 14.1. The Balaban J connectivity index is 1.56. The molecule has 26 heavy (non-hydrogen) atoms. The fourth-order valence-corrected chi connectivity index (χ4v) is 3.94. The Labute approximate surface area is 153 Å². The average molecular weight is 365 g/mol. The highest BCUT2D eigenvalue weighted by atomic mass is 32.1. The Morgan fingerprint density at radius 3 is 2.42 bits per heavy atom. The van der Waals surface area contributed by atoms with Crippen LogP contribution in [0.15, 0.2) is 42.5 Å². The van der Waals surface area contributed by atoms with E-state index in [0.717, 1.165) is 20.7 Å². The monoisotopic (exact) mass is 365 g/mol. The van der Waals surface area contributed by atoms with Gasteiger partial charge in [0, 0.05) is 0 Å². The van der Waals surface area contributed by atoms with Gasteiger partial charge in [0.25, 0.3) is 11.8 Å². The molecule has 3 aromatic rings. The minimum Gasteiger partial charge on any atom is -0.300 e. The molecule has 0 unspecified atom stereocenters. The van der Waals surface area contributed by atoms with Crippen molar-refractivity contribution in [2.75, 3.05) is 5.32 Å². The summed E-state index contributed by atoms with van der Waals surface area (Å²) >= 11 is 1.36. The number of aryl methyl sites for hydroxylation is 1. The van der Waals surface area contributed by atoms with E-state index in [-0.39, 0.29) is 0 Å². The van der Waals surface area contributed by atoms with E-state index in [1.54, 1.807) is 24.3 Å². The minimum absolute atomic E-state index is 0.326. The van der Waals surface area contributed by atoms with Crippen LogP contribution >= 0.6 is 11.3 Å². The molecule has 0 saturated carbocycles. The van der Waals surface area contributed by atoms with Crippen molar-refractivity contribution in [3.8, 4) is 0 Å². The van der Waals surface area contributed by atoms with Gasteiger partial charge in [-0.05, 0) is 43.7 Å². The second kappa shape index (κ2) is 6.03. The molecule has 1 aliphatic heterocycles. The lowest BCUT2D eigenvalue weighted by Crippen LogP contribution is -2.45. The zero-order valence-corrected chi connectivity index (χ0v) is 15.0. The molecule has 0 spiro atoms. The van der Waals surface area contributed by atoms with Gasteiger partial charge in [-0.15, -0.1) is 0 Å². The number of rotatable bonds is 3. The van der Waals surface area contributed by atoms with Gasteiger partial charge in [-0.3, -0.25) is 19.3 Å². The van der Waals surface area contributed by atoms with Crippen molar-refractivity contribution in [2.45, 2.75) is 19.9 Å². The molecule has 6 nitrogen and oxygen atoms in total. The van der Waals surface area contributed by atoms with Crippen molar-refractivity contribution in [3.63, 3.8) is 0 Å². The van der Waals surface area contributed by atoms with Crippen LogP contribution in [0, 0.1) is 6.92 Å². The van der Waals surface area contributed by atoms with Crippen LogP contribution in [-0.2, 0) is 4.79 Å². The molecule has 0 aliphatic carbocycles. The predicted octanol–water partition coefficient (Wildman–Crippen LogP) is 3.23. The van der Waals surface area contributed by atoms with Crippen LogP contribution in [0.4, 0.5) is 5.13 Å². The van der Waals surface area contributed by atoms with E-state index >= 15 is 0 Å². The molecule has 7 heteroatoms. The summed E-state index contributed by atoms with van der Waals surface area (Å²) in [7, 11) is 0. The van der Waals surface area contributed by atoms with Gasteiger partial charge in [0.15, 0.2) is 5.13 Å². The molecule has 0 bridgehead atoms. The van der Waals surface area contributed by atoms with Crippen LogP contribution in [0.3, 0.4) is 0 Å². The Morgan fingerprint density at radius 2 is 1.77 bits per heavy atom. The molecule has 3 amide bonds. The van der Waals surface area contributed by atoms with Gasteiger partial charge in [-0.1, -0.05) is 29.5 Å². The SMILES string of the molecule is Cc1ccc2nc(NC(=O)[C@H](C)N3C(=O)c4ccccc4C3=O)sc2c1. The third kappa shape index (κ3) is 2.57. The molecule has 2 heterocycles. The van der Waals surface area contributed by atoms with Crippen molar-refractivity contribution in [2.24, 2.45) is 0 Å². The predicted molar refractivity (Wildman–Crippen MR) is 99.4 cm³/mol. The maximum absolute atomic E-state index is 12.6. The van der Waals surface area contributed by atoms with Crippen LogP contribution in [-0.4, -0.2) is 33.6 Å². The first-order valence-electron chi connectivity index (χ1n) is 8.10. The Bertz CT molecular complexity index is 1040. The van der Waals surface area contributed by atoms with Gasteiger partial charge in [-0.2, -0.15) is 0 Å². The highest BCUT2D eigenvalue weighted by Crippen LogP contribution is 2.28. The largest absolute Gasteiger partial charge is 0.300 e. The van der Waals surface area contributed by atoms with Gasteiger partial charge in [0.2, 0.25) is 5.91 Å². The molecule has 2 aromatic carbocycles. The summed E-state index contributed by atoms with van der Waals surface area (Å²) in [6.45, 7) is 3.52. The van der Waals surface area contributed by atoms with Crippen molar-refractivity contribution in [1.82, 2.24) is 9.88 Å². The Morgan fingerprint density at radius 1 is 1.12 bits per heavy atom. The van der Waals surface area contributed by atoms with E-state index < -0.39 is 23.8 Å². The molecule has 130 valence electrons. The number of carbonyl (C=O) groups excluding carboxylic acids is 3. The maximum Gasteiger partial charge on any atom is 0.262 e. The molecule has 0 fully saturated rings. The lowest BCUT2D eigenvalue weighted by atomic mass is 10.1. The first kappa shape index (κ1) is 16.4. The van der Waals surface area contributed by atoms with Crippen molar-refractivity contribution in [1.29, 1.82) is 0 Å². The number of hydrogen-bond acceptors (Lipinski definition) is 5. The van der Waals surface area contributed by atoms with Crippen LogP contribution in [0.2, 0.25) is 0 Å². The molecular weight excluding hydrogens is 350 g/mol. The summed E-state index contributed by atoms with van der Waals surface area (Å²) in [6, 6.07) is 11.5. The van der Waals surface area contributed by atoms with Crippen molar-refractivity contribution in [3.05, 3.63) is 59.2 Å². The maximum atomic E-state index is 12.6. The summed E-state index contributed by atoms with van der Waals surface area (Å²) in [5, 5.41) is 3.16. The van der Waals surface area contributed by atoms with Gasteiger partial charge in [0.1, 0.15) is 6.04 Å². The van der Waals surface area contributed by atoms with E-state index in [9.17, 15) is 14.4 Å². The number of imide groups is 1. The standard InChI is InChI=1S/C19H15N3O3S/c1-10-7-8-14-15(9-10)26-19(20-14)21-16(23)11(2)22-17(24)12-5-3-4-6-13(12)18(22)25/h3-9,11H,1-2H3,(H,20,21,23)/t11-/m0/s1. The van der Waals surface area contributed by atoms with E-state index in [4.69, 9.17) is 0 Å². The van der Waals surface area contributed by atoms with Gasteiger partial charge >= 0.3 is 0 Å². The van der Waals surface area contributed by atoms with Crippen LogP contribution < -0.4 is 5.32 Å². The van der Waals surface area contributed by atoms with Crippen LogP contribution in [0.5, 0.6) is 0 Å². The van der Waals surface area contributed by atoms with Gasteiger partial charge in [-0.25, -0.2) is 4.98 Å². The first-order valence-corrected chi connectivity index (χ1v) is 8.92. The first-order chi connectivity index (χ1) is 12.5. The molecule has 1 atom stereocenters. The van der Waals surface area contributed by atoms with Gasteiger partial charge < -0.3 is 5.32 Å². The summed E-state index contributed by atoms with van der Waals surface area (Å²) in [5.74, 6) is -1.35. The summed E-state index contributed by atoms with van der Waals surface area (Å²) < 4.78 is 0.966. The summed E-state index contributed by atoms with van der Waals surface area (Å²) in [5.41, 5.74) is 2.56. The Hall–Kier alpha value is -3.06. The van der Waals surface area contributed by atoms with Gasteiger partial charge in [0.05, 0.1) is 21.3 Å². The smallest absolute Gasteiger partial charge is 0.262 e. The number of carbonyl (C=O) groups is 3.